The van der Waals surface area contributed by atoms with Gasteiger partial charge in [0, 0.05) is 56.9 Å². The number of fused-ring (bicyclic) bond motifs is 1. The minimum absolute atomic E-state index is 0.158. The zero-order valence-electron chi connectivity index (χ0n) is 19.3. The molecule has 0 radical (unpaired) electrons. The van der Waals surface area contributed by atoms with Crippen molar-refractivity contribution in [3.8, 4) is 0 Å². The van der Waals surface area contributed by atoms with Gasteiger partial charge in [-0.05, 0) is 71.1 Å². The van der Waals surface area contributed by atoms with Crippen LogP contribution in [0.25, 0.3) is 11.0 Å². The highest BCUT2D eigenvalue weighted by atomic mass is 32.1. The summed E-state index contributed by atoms with van der Waals surface area (Å²) in [6, 6.07) is 15.5. The summed E-state index contributed by atoms with van der Waals surface area (Å²) >= 11 is 1.72. The van der Waals surface area contributed by atoms with Crippen LogP contribution < -0.4 is 0 Å². The van der Waals surface area contributed by atoms with Crippen molar-refractivity contribution in [2.75, 3.05) is 26.7 Å². The van der Waals surface area contributed by atoms with E-state index in [1.807, 2.05) is 36.4 Å². The van der Waals surface area contributed by atoms with Crippen LogP contribution in [-0.4, -0.2) is 52.5 Å². The number of aromatic nitrogens is 1. The van der Waals surface area contributed by atoms with Gasteiger partial charge >= 0.3 is 0 Å². The Morgan fingerprint density at radius 1 is 1.21 bits per heavy atom. The average Bonchev–Trinajstić information content (AvgIpc) is 3.53. The Hall–Kier alpha value is -3.00. The van der Waals surface area contributed by atoms with Crippen LogP contribution >= 0.6 is 11.3 Å². The molecule has 0 aliphatic carbocycles. The lowest BCUT2D eigenvalue weighted by Gasteiger charge is -2.38. The van der Waals surface area contributed by atoms with Crippen LogP contribution in [0.3, 0.4) is 0 Å². The minimum Gasteiger partial charge on any atom is -0.451 e. The molecule has 0 saturated carbocycles. The standard InChI is InChI=1S/C27H29N3O3S/c1-29(12-7-23-4-2-3-11-28-23)26(31)25-17-21-16-22(5-6-24(21)33-25)27(32)9-13-30(14-10-27)18-20-8-15-34-19-20/h2-6,8,11,15-17,19,32H,7,9-10,12-14,18H2,1H3. The van der Waals surface area contributed by atoms with Crippen molar-refractivity contribution in [2.24, 2.45) is 0 Å². The molecule has 3 aromatic heterocycles. The molecule has 4 heterocycles. The van der Waals surface area contributed by atoms with Gasteiger partial charge in [-0.15, -0.1) is 0 Å². The second-order valence-corrected chi connectivity index (χ2v) is 9.88. The summed E-state index contributed by atoms with van der Waals surface area (Å²) in [7, 11) is 1.77. The highest BCUT2D eigenvalue weighted by Crippen LogP contribution is 2.35. The fourth-order valence-electron chi connectivity index (χ4n) is 4.57. The molecule has 1 fully saturated rings. The van der Waals surface area contributed by atoms with Crippen LogP contribution in [0.2, 0.25) is 0 Å². The number of furan rings is 1. The molecule has 1 aliphatic rings. The molecule has 34 heavy (non-hydrogen) atoms. The van der Waals surface area contributed by atoms with E-state index < -0.39 is 5.60 Å². The van der Waals surface area contributed by atoms with Crippen LogP contribution in [0, 0.1) is 0 Å². The molecule has 4 aromatic rings. The molecule has 7 heteroatoms. The Kier molecular flexibility index (Phi) is 6.50. The van der Waals surface area contributed by atoms with E-state index in [2.05, 4.69) is 26.7 Å². The third-order valence-electron chi connectivity index (χ3n) is 6.71. The number of nitrogens with zero attached hydrogens (tertiary/aromatic N) is 3. The summed E-state index contributed by atoms with van der Waals surface area (Å²) in [5.74, 6) is 0.155. The summed E-state index contributed by atoms with van der Waals surface area (Å²) in [6.07, 6.45) is 3.81. The number of carbonyl (C=O) groups is 1. The van der Waals surface area contributed by atoms with E-state index in [1.165, 1.54) is 5.56 Å². The van der Waals surface area contributed by atoms with Crippen molar-refractivity contribution in [2.45, 2.75) is 31.4 Å². The molecule has 0 spiro atoms. The molecule has 1 amide bonds. The number of aliphatic hydroxyl groups is 1. The van der Waals surface area contributed by atoms with Gasteiger partial charge < -0.3 is 14.4 Å². The number of thiophene rings is 1. The monoisotopic (exact) mass is 475 g/mol. The maximum atomic E-state index is 12.9. The quantitative estimate of drug-likeness (QED) is 0.420. The van der Waals surface area contributed by atoms with Gasteiger partial charge in [-0.3, -0.25) is 14.7 Å². The predicted molar refractivity (Wildman–Crippen MR) is 134 cm³/mol. The number of benzene rings is 1. The number of piperidine rings is 1. The highest BCUT2D eigenvalue weighted by Gasteiger charge is 2.34. The molecule has 6 nitrogen and oxygen atoms in total. The maximum Gasteiger partial charge on any atom is 0.289 e. The number of rotatable bonds is 7. The van der Waals surface area contributed by atoms with E-state index >= 15 is 0 Å². The van der Waals surface area contributed by atoms with E-state index in [1.54, 1.807) is 35.5 Å². The number of likely N-dealkylation sites (tertiary alicyclic amines) is 1. The summed E-state index contributed by atoms with van der Waals surface area (Å²) in [4.78, 5) is 21.3. The summed E-state index contributed by atoms with van der Waals surface area (Å²) in [6.45, 7) is 3.18. The molecule has 1 aromatic carbocycles. The first-order valence-corrected chi connectivity index (χ1v) is 12.6. The SMILES string of the molecule is CN(CCc1ccccn1)C(=O)c1cc2cc(C3(O)CCN(Cc4ccsc4)CC3)ccc2o1. The van der Waals surface area contributed by atoms with Crippen molar-refractivity contribution in [3.05, 3.63) is 88.1 Å². The molecule has 1 aliphatic heterocycles. The molecular formula is C27H29N3O3S. The van der Waals surface area contributed by atoms with Gasteiger partial charge in [0.25, 0.3) is 5.91 Å². The lowest BCUT2D eigenvalue weighted by atomic mass is 9.84. The van der Waals surface area contributed by atoms with Gasteiger partial charge in [-0.25, -0.2) is 0 Å². The Labute approximate surface area is 203 Å². The van der Waals surface area contributed by atoms with E-state index in [9.17, 15) is 9.90 Å². The summed E-state index contributed by atoms with van der Waals surface area (Å²) < 4.78 is 5.86. The molecule has 1 saturated heterocycles. The van der Waals surface area contributed by atoms with Gasteiger partial charge in [0.15, 0.2) is 5.76 Å². The van der Waals surface area contributed by atoms with E-state index in [-0.39, 0.29) is 5.91 Å². The van der Waals surface area contributed by atoms with Crippen molar-refractivity contribution in [1.82, 2.24) is 14.8 Å². The number of pyridine rings is 1. The Bertz CT molecular complexity index is 1240. The van der Waals surface area contributed by atoms with Gasteiger partial charge in [-0.1, -0.05) is 12.1 Å². The molecule has 0 unspecified atom stereocenters. The second kappa shape index (κ2) is 9.70. The first kappa shape index (κ1) is 22.8. The second-order valence-electron chi connectivity index (χ2n) is 9.10. The highest BCUT2D eigenvalue weighted by molar-refractivity contribution is 7.07. The lowest BCUT2D eigenvalue weighted by molar-refractivity contribution is -0.0276. The predicted octanol–water partition coefficient (Wildman–Crippen LogP) is 4.69. The number of amides is 1. The number of likely N-dealkylation sites (N-methyl/N-ethyl adjacent to an activating group) is 1. The Morgan fingerprint density at radius 3 is 2.79 bits per heavy atom. The maximum absolute atomic E-state index is 12.9. The van der Waals surface area contributed by atoms with Crippen LogP contribution in [-0.2, 0) is 18.6 Å². The van der Waals surface area contributed by atoms with Crippen molar-refractivity contribution >= 4 is 28.2 Å². The van der Waals surface area contributed by atoms with E-state index in [0.717, 1.165) is 36.3 Å². The number of hydrogen-bond acceptors (Lipinski definition) is 6. The van der Waals surface area contributed by atoms with Crippen molar-refractivity contribution < 1.29 is 14.3 Å². The van der Waals surface area contributed by atoms with E-state index in [0.29, 0.717) is 37.2 Å². The van der Waals surface area contributed by atoms with Crippen LogP contribution in [0.15, 0.2) is 69.9 Å². The largest absolute Gasteiger partial charge is 0.451 e. The molecule has 0 bridgehead atoms. The molecule has 176 valence electrons. The minimum atomic E-state index is -0.861. The smallest absolute Gasteiger partial charge is 0.289 e. The van der Waals surface area contributed by atoms with Crippen molar-refractivity contribution in [1.29, 1.82) is 0 Å². The Balaban J connectivity index is 1.24. The van der Waals surface area contributed by atoms with Gasteiger partial charge in [-0.2, -0.15) is 11.3 Å². The molecule has 5 rings (SSSR count). The normalized spacial score (nSPS) is 16.1. The Morgan fingerprint density at radius 2 is 2.06 bits per heavy atom. The topological polar surface area (TPSA) is 69.8 Å². The van der Waals surface area contributed by atoms with Crippen LogP contribution in [0.5, 0.6) is 0 Å². The first-order valence-electron chi connectivity index (χ1n) is 11.7. The number of carbonyl (C=O) groups excluding carboxylic acids is 1. The van der Waals surface area contributed by atoms with E-state index in [4.69, 9.17) is 4.42 Å². The lowest BCUT2D eigenvalue weighted by Crippen LogP contribution is -2.42. The third kappa shape index (κ3) is 4.92. The number of hydrogen-bond donors (Lipinski definition) is 1. The van der Waals surface area contributed by atoms with Gasteiger partial charge in [0.1, 0.15) is 5.58 Å². The third-order valence-corrected chi connectivity index (χ3v) is 7.44. The fraction of sp³-hybridized carbons (Fsp3) is 0.333. The van der Waals surface area contributed by atoms with Crippen LogP contribution in [0.1, 0.15) is 40.2 Å². The van der Waals surface area contributed by atoms with Gasteiger partial charge in [0.2, 0.25) is 0 Å². The zero-order valence-corrected chi connectivity index (χ0v) is 20.1. The fourth-order valence-corrected chi connectivity index (χ4v) is 5.23. The first-order chi connectivity index (χ1) is 16.5. The average molecular weight is 476 g/mol. The van der Waals surface area contributed by atoms with Crippen molar-refractivity contribution in [3.63, 3.8) is 0 Å². The zero-order chi connectivity index (χ0) is 23.5. The molecular weight excluding hydrogens is 446 g/mol. The molecule has 0 atom stereocenters. The van der Waals surface area contributed by atoms with Gasteiger partial charge in [0.05, 0.1) is 5.60 Å². The summed E-state index contributed by atoms with van der Waals surface area (Å²) in [5, 5.41) is 16.5. The van der Waals surface area contributed by atoms with Crippen LogP contribution in [0.4, 0.5) is 0 Å². The summed E-state index contributed by atoms with van der Waals surface area (Å²) in [5.41, 5.74) is 2.96. The molecule has 1 N–H and O–H groups in total.